The van der Waals surface area contributed by atoms with Gasteiger partial charge in [0.25, 0.3) is 11.7 Å². The molecule has 0 aromatic heterocycles. The first-order valence-electron chi connectivity index (χ1n) is 9.48. The number of nitrogens with zero attached hydrogens (tertiary/aromatic N) is 1. The van der Waals surface area contributed by atoms with Crippen molar-refractivity contribution in [3.05, 3.63) is 98.7 Å². The number of ketones is 1. The summed E-state index contributed by atoms with van der Waals surface area (Å²) in [4.78, 5) is 27.3. The van der Waals surface area contributed by atoms with Crippen molar-refractivity contribution in [2.75, 3.05) is 12.0 Å². The quantitative estimate of drug-likeness (QED) is 0.267. The molecule has 1 saturated heterocycles. The lowest BCUT2D eigenvalue weighted by Crippen LogP contribution is -2.29. The number of anilines is 1. The van der Waals surface area contributed by atoms with Crippen LogP contribution in [-0.2, 0) is 9.59 Å². The molecule has 1 unspecified atom stereocenters. The van der Waals surface area contributed by atoms with Gasteiger partial charge in [-0.05, 0) is 36.4 Å². The topological polar surface area (TPSA) is 66.8 Å². The molecule has 0 spiro atoms. The molecule has 0 saturated carbocycles. The second-order valence-electron chi connectivity index (χ2n) is 7.02. The Bertz CT molecular complexity index is 1260. The summed E-state index contributed by atoms with van der Waals surface area (Å²) in [7, 11) is 1.45. The molecule has 4 rings (SSSR count). The van der Waals surface area contributed by atoms with Gasteiger partial charge in [-0.25, -0.2) is 4.39 Å². The van der Waals surface area contributed by atoms with E-state index in [1.165, 1.54) is 31.4 Å². The number of hydrogen-bond acceptors (Lipinski definition) is 4. The highest BCUT2D eigenvalue weighted by molar-refractivity contribution is 9.10. The molecule has 0 aliphatic carbocycles. The van der Waals surface area contributed by atoms with E-state index in [9.17, 15) is 19.1 Å². The van der Waals surface area contributed by atoms with Crippen LogP contribution in [0.5, 0.6) is 5.75 Å². The number of methoxy groups -OCH3 is 1. The van der Waals surface area contributed by atoms with E-state index >= 15 is 0 Å². The van der Waals surface area contributed by atoms with Crippen molar-refractivity contribution in [3.8, 4) is 5.75 Å². The molecule has 1 N–H and O–H groups in total. The molecule has 8 heteroatoms. The number of benzene rings is 3. The van der Waals surface area contributed by atoms with Gasteiger partial charge in [-0.15, -0.1) is 0 Å². The van der Waals surface area contributed by atoms with E-state index in [4.69, 9.17) is 16.3 Å². The van der Waals surface area contributed by atoms with Crippen LogP contribution in [0.1, 0.15) is 17.2 Å². The minimum absolute atomic E-state index is 0.0669. The molecular formula is C24H16BrClFNO4. The lowest BCUT2D eigenvalue weighted by Gasteiger charge is -2.26. The third-order valence-corrected chi connectivity index (χ3v) is 6.00. The van der Waals surface area contributed by atoms with Crippen molar-refractivity contribution < 1.29 is 23.8 Å². The van der Waals surface area contributed by atoms with Gasteiger partial charge in [-0.2, -0.15) is 0 Å². The largest absolute Gasteiger partial charge is 0.507 e. The lowest BCUT2D eigenvalue weighted by atomic mass is 9.94. The Hall–Kier alpha value is -3.16. The molecule has 1 amide bonds. The first-order valence-corrected chi connectivity index (χ1v) is 10.7. The van der Waals surface area contributed by atoms with E-state index in [0.717, 1.165) is 9.37 Å². The summed E-state index contributed by atoms with van der Waals surface area (Å²) in [6, 6.07) is 15.7. The molecule has 32 heavy (non-hydrogen) atoms. The third-order valence-electron chi connectivity index (χ3n) is 5.18. The summed E-state index contributed by atoms with van der Waals surface area (Å²) < 4.78 is 20.8. The minimum Gasteiger partial charge on any atom is -0.507 e. The van der Waals surface area contributed by atoms with E-state index in [-0.39, 0.29) is 21.8 Å². The van der Waals surface area contributed by atoms with E-state index in [1.807, 2.05) is 0 Å². The monoisotopic (exact) mass is 515 g/mol. The zero-order chi connectivity index (χ0) is 23.0. The maximum absolute atomic E-state index is 14.9. The number of carbonyl (C=O) groups excluding carboxylic acids is 2. The molecular weight excluding hydrogens is 501 g/mol. The van der Waals surface area contributed by atoms with E-state index in [2.05, 4.69) is 15.9 Å². The number of Topliss-reactive ketones (excluding diaryl/α,β-unsaturated/α-hetero) is 1. The van der Waals surface area contributed by atoms with E-state index in [0.29, 0.717) is 11.3 Å². The van der Waals surface area contributed by atoms with Crippen LogP contribution >= 0.6 is 27.5 Å². The molecule has 3 aromatic carbocycles. The molecule has 0 bridgehead atoms. The molecule has 3 aromatic rings. The summed E-state index contributed by atoms with van der Waals surface area (Å²) in [5.74, 6) is -2.47. The maximum atomic E-state index is 14.9. The number of amides is 1. The number of hydrogen-bond donors (Lipinski definition) is 1. The van der Waals surface area contributed by atoms with Gasteiger partial charge in [0, 0.05) is 21.3 Å². The van der Waals surface area contributed by atoms with Crippen molar-refractivity contribution >= 4 is 50.7 Å². The summed E-state index contributed by atoms with van der Waals surface area (Å²) in [5, 5.41) is 11.2. The highest BCUT2D eigenvalue weighted by Gasteiger charge is 2.47. The fraction of sp³-hybridized carbons (Fsp3) is 0.0833. The Morgan fingerprint density at radius 1 is 1.09 bits per heavy atom. The number of halogens is 3. The Labute approximate surface area is 196 Å². The van der Waals surface area contributed by atoms with Gasteiger partial charge in [0.1, 0.15) is 17.3 Å². The average Bonchev–Trinajstić information content (AvgIpc) is 3.04. The Kier molecular flexibility index (Phi) is 6.04. The van der Waals surface area contributed by atoms with Gasteiger partial charge in [0.15, 0.2) is 0 Å². The van der Waals surface area contributed by atoms with E-state index < -0.39 is 29.3 Å². The fourth-order valence-corrected chi connectivity index (χ4v) is 4.17. The number of ether oxygens (including phenoxy) is 1. The van der Waals surface area contributed by atoms with Crippen LogP contribution in [0.4, 0.5) is 10.1 Å². The first-order chi connectivity index (χ1) is 15.3. The standard InChI is InChI=1S/C24H16BrClFNO4/c1-32-19-11-10-15(12-17(19)26)28-21(16-4-2-3-5-18(16)27)20(23(30)24(28)31)22(29)13-6-8-14(25)9-7-13/h2-12,21,29H,1H3/b22-20+. The van der Waals surface area contributed by atoms with Crippen molar-refractivity contribution in [2.45, 2.75) is 6.04 Å². The molecule has 1 heterocycles. The summed E-state index contributed by atoms with van der Waals surface area (Å²) in [6.45, 7) is 0. The Morgan fingerprint density at radius 3 is 2.41 bits per heavy atom. The smallest absolute Gasteiger partial charge is 0.300 e. The van der Waals surface area contributed by atoms with Gasteiger partial charge < -0.3 is 9.84 Å². The highest BCUT2D eigenvalue weighted by atomic mass is 79.9. The van der Waals surface area contributed by atoms with Crippen molar-refractivity contribution in [2.24, 2.45) is 0 Å². The minimum atomic E-state index is -1.19. The van der Waals surface area contributed by atoms with Crippen LogP contribution in [0.2, 0.25) is 5.02 Å². The summed E-state index contributed by atoms with van der Waals surface area (Å²) >= 11 is 9.56. The molecule has 0 radical (unpaired) electrons. The van der Waals surface area contributed by atoms with Gasteiger partial charge >= 0.3 is 0 Å². The normalized spacial score (nSPS) is 17.6. The number of aliphatic hydroxyl groups is 1. The van der Waals surface area contributed by atoms with Crippen molar-refractivity contribution in [1.29, 1.82) is 0 Å². The van der Waals surface area contributed by atoms with Gasteiger partial charge in [0.05, 0.1) is 23.7 Å². The molecule has 1 aliphatic heterocycles. The van der Waals surface area contributed by atoms with Crippen LogP contribution in [0, 0.1) is 5.82 Å². The van der Waals surface area contributed by atoms with E-state index in [1.54, 1.807) is 42.5 Å². The second kappa shape index (κ2) is 8.76. The van der Waals surface area contributed by atoms with Crippen LogP contribution in [0.15, 0.2) is 76.8 Å². The first kappa shape index (κ1) is 22.0. The van der Waals surface area contributed by atoms with Crippen LogP contribution in [0.25, 0.3) is 5.76 Å². The predicted molar refractivity (Wildman–Crippen MR) is 123 cm³/mol. The number of aliphatic hydroxyl groups excluding tert-OH is 1. The van der Waals surface area contributed by atoms with Gasteiger partial charge in [0.2, 0.25) is 0 Å². The summed E-state index contributed by atoms with van der Waals surface area (Å²) in [5.41, 5.74) is 0.438. The highest BCUT2D eigenvalue weighted by Crippen LogP contribution is 2.44. The molecule has 162 valence electrons. The Balaban J connectivity index is 1.96. The van der Waals surface area contributed by atoms with Crippen LogP contribution in [0.3, 0.4) is 0 Å². The predicted octanol–water partition coefficient (Wildman–Crippen LogP) is 5.88. The number of carbonyl (C=O) groups is 2. The van der Waals surface area contributed by atoms with Crippen molar-refractivity contribution in [1.82, 2.24) is 0 Å². The van der Waals surface area contributed by atoms with Crippen molar-refractivity contribution in [3.63, 3.8) is 0 Å². The molecule has 5 nitrogen and oxygen atoms in total. The fourth-order valence-electron chi connectivity index (χ4n) is 3.66. The molecule has 1 fully saturated rings. The second-order valence-corrected chi connectivity index (χ2v) is 8.34. The van der Waals surface area contributed by atoms with Crippen LogP contribution < -0.4 is 9.64 Å². The zero-order valence-corrected chi connectivity index (χ0v) is 19.0. The lowest BCUT2D eigenvalue weighted by molar-refractivity contribution is -0.132. The average molecular weight is 517 g/mol. The molecule has 1 atom stereocenters. The Morgan fingerprint density at radius 2 is 1.78 bits per heavy atom. The van der Waals surface area contributed by atoms with Gasteiger partial charge in [-0.1, -0.05) is 57.9 Å². The SMILES string of the molecule is COc1ccc(N2C(=O)C(=O)/C(=C(/O)c3ccc(Br)cc3)C2c2ccccc2F)cc1Cl. The zero-order valence-electron chi connectivity index (χ0n) is 16.7. The van der Waals surface area contributed by atoms with Crippen LogP contribution in [-0.4, -0.2) is 23.9 Å². The third kappa shape index (κ3) is 3.78. The maximum Gasteiger partial charge on any atom is 0.300 e. The summed E-state index contributed by atoms with van der Waals surface area (Å²) in [6.07, 6.45) is 0. The number of rotatable bonds is 4. The van der Waals surface area contributed by atoms with Gasteiger partial charge in [-0.3, -0.25) is 14.5 Å². The molecule has 1 aliphatic rings.